The van der Waals surface area contributed by atoms with Gasteiger partial charge in [-0.15, -0.1) is 0 Å². The lowest BCUT2D eigenvalue weighted by Crippen LogP contribution is -2.33. The fourth-order valence-electron chi connectivity index (χ4n) is 2.38. The fourth-order valence-corrected chi connectivity index (χ4v) is 2.98. The molecule has 0 N–H and O–H groups in total. The Hall–Kier alpha value is -2.22. The summed E-state index contributed by atoms with van der Waals surface area (Å²) in [5, 5.41) is 0. The number of hydrogen-bond donors (Lipinski definition) is 0. The van der Waals surface area contributed by atoms with E-state index in [1.165, 1.54) is 0 Å². The molecule has 0 aromatic heterocycles. The van der Waals surface area contributed by atoms with Crippen LogP contribution in [0.1, 0.15) is 31.1 Å². The molecule has 0 radical (unpaired) electrons. The number of carbonyl (C=O) groups is 3. The van der Waals surface area contributed by atoms with E-state index in [-0.39, 0.29) is 25.0 Å². The maximum atomic E-state index is 12.2. The zero-order chi connectivity index (χ0) is 16.4. The maximum absolute atomic E-state index is 12.2. The minimum Gasteiger partial charge on any atom is -0.460 e. The predicted octanol–water partition coefficient (Wildman–Crippen LogP) is 2.74. The number of halogens is 1. The Morgan fingerprint density at radius 1 is 0.957 bits per heavy atom. The van der Waals surface area contributed by atoms with E-state index in [9.17, 15) is 14.4 Å². The minimum absolute atomic E-state index is 0.0325. The molecular weight excluding hydrogens is 409 g/mol. The van der Waals surface area contributed by atoms with Crippen LogP contribution in [0.3, 0.4) is 0 Å². The number of ether oxygens (including phenoxy) is 1. The van der Waals surface area contributed by atoms with Crippen LogP contribution in [0, 0.1) is 3.57 Å². The summed E-state index contributed by atoms with van der Waals surface area (Å²) in [5.41, 5.74) is 1.25. The Kier molecular flexibility index (Phi) is 4.42. The van der Waals surface area contributed by atoms with Gasteiger partial charge in [0.05, 0.1) is 23.2 Å². The first-order chi connectivity index (χ1) is 11.1. The lowest BCUT2D eigenvalue weighted by molar-refractivity contribution is 0.0419. The second kappa shape index (κ2) is 6.49. The number of benzene rings is 2. The Bertz CT molecular complexity index is 768. The number of nitrogens with zero attached hydrogens (tertiary/aromatic N) is 1. The second-order valence-corrected chi connectivity index (χ2v) is 6.09. The average Bonchev–Trinajstić information content (AvgIpc) is 2.80. The summed E-state index contributed by atoms with van der Waals surface area (Å²) < 4.78 is 5.96. The summed E-state index contributed by atoms with van der Waals surface area (Å²) in [6.45, 7) is 0.0107. The van der Waals surface area contributed by atoms with Gasteiger partial charge in [0.1, 0.15) is 6.61 Å². The Morgan fingerprint density at radius 2 is 1.52 bits per heavy atom. The second-order valence-electron chi connectivity index (χ2n) is 4.92. The largest absolute Gasteiger partial charge is 0.460 e. The van der Waals surface area contributed by atoms with E-state index in [4.69, 9.17) is 4.74 Å². The van der Waals surface area contributed by atoms with Crippen LogP contribution in [0.5, 0.6) is 0 Å². The molecular formula is C17H12INO4. The van der Waals surface area contributed by atoms with Gasteiger partial charge < -0.3 is 4.74 Å². The van der Waals surface area contributed by atoms with Crippen LogP contribution >= 0.6 is 22.6 Å². The van der Waals surface area contributed by atoms with Gasteiger partial charge in [0.15, 0.2) is 0 Å². The van der Waals surface area contributed by atoms with Gasteiger partial charge in [0.2, 0.25) is 0 Å². The molecule has 2 amide bonds. The summed E-state index contributed by atoms with van der Waals surface area (Å²) in [6.07, 6.45) is 0. The molecule has 0 aliphatic carbocycles. The van der Waals surface area contributed by atoms with Crippen molar-refractivity contribution < 1.29 is 19.1 Å². The smallest absolute Gasteiger partial charge is 0.339 e. The Morgan fingerprint density at radius 3 is 2.13 bits per heavy atom. The average molecular weight is 421 g/mol. The molecule has 1 aliphatic rings. The van der Waals surface area contributed by atoms with Gasteiger partial charge in [-0.2, -0.15) is 0 Å². The highest BCUT2D eigenvalue weighted by atomic mass is 127. The molecule has 1 heterocycles. The van der Waals surface area contributed by atoms with E-state index in [1.54, 1.807) is 42.5 Å². The summed E-state index contributed by atoms with van der Waals surface area (Å²) >= 11 is 2.05. The highest BCUT2D eigenvalue weighted by molar-refractivity contribution is 14.1. The van der Waals surface area contributed by atoms with E-state index in [0.717, 1.165) is 8.47 Å². The summed E-state index contributed by atoms with van der Waals surface area (Å²) in [6, 6.07) is 13.7. The number of imide groups is 1. The van der Waals surface area contributed by atoms with Crippen molar-refractivity contribution in [2.24, 2.45) is 0 Å². The first-order valence-corrected chi connectivity index (χ1v) is 8.04. The van der Waals surface area contributed by atoms with Crippen molar-refractivity contribution in [1.82, 2.24) is 4.90 Å². The standard InChI is InChI=1S/C17H12INO4/c18-14-8-4-3-7-13(14)17(22)23-10-9-19-15(20)11-5-1-2-6-12(11)16(19)21/h1-8H,9-10H2. The molecule has 0 unspecified atom stereocenters. The van der Waals surface area contributed by atoms with Gasteiger partial charge in [-0.1, -0.05) is 24.3 Å². The third-order valence-electron chi connectivity index (χ3n) is 3.52. The summed E-state index contributed by atoms with van der Waals surface area (Å²) in [4.78, 5) is 37.5. The summed E-state index contributed by atoms with van der Waals surface area (Å²) in [5.74, 6) is -1.17. The quantitative estimate of drug-likeness (QED) is 0.433. The molecule has 2 aromatic rings. The van der Waals surface area contributed by atoms with Crippen molar-refractivity contribution >= 4 is 40.4 Å². The number of esters is 1. The minimum atomic E-state index is -0.466. The van der Waals surface area contributed by atoms with Crippen LogP contribution in [-0.4, -0.2) is 35.8 Å². The first-order valence-electron chi connectivity index (χ1n) is 6.96. The number of rotatable bonds is 4. The van der Waals surface area contributed by atoms with E-state index in [0.29, 0.717) is 16.7 Å². The Labute approximate surface area is 146 Å². The monoisotopic (exact) mass is 421 g/mol. The highest BCUT2D eigenvalue weighted by Crippen LogP contribution is 2.22. The van der Waals surface area contributed by atoms with E-state index in [2.05, 4.69) is 22.6 Å². The third kappa shape index (κ3) is 2.98. The van der Waals surface area contributed by atoms with Crippen LogP contribution in [-0.2, 0) is 4.74 Å². The lowest BCUT2D eigenvalue weighted by atomic mass is 10.1. The molecule has 0 saturated heterocycles. The van der Waals surface area contributed by atoms with Gasteiger partial charge in [0, 0.05) is 3.57 Å². The number of carbonyl (C=O) groups excluding carboxylic acids is 3. The van der Waals surface area contributed by atoms with E-state index in [1.807, 2.05) is 6.07 Å². The van der Waals surface area contributed by atoms with Crippen molar-refractivity contribution in [3.05, 3.63) is 68.8 Å². The summed E-state index contributed by atoms with van der Waals surface area (Å²) in [7, 11) is 0. The molecule has 3 rings (SSSR count). The number of fused-ring (bicyclic) bond motifs is 1. The molecule has 0 fully saturated rings. The molecule has 0 saturated carbocycles. The first kappa shape index (κ1) is 15.7. The van der Waals surface area contributed by atoms with Crippen LogP contribution in [0.2, 0.25) is 0 Å². The molecule has 0 bridgehead atoms. The third-order valence-corrected chi connectivity index (χ3v) is 4.46. The normalized spacial score (nSPS) is 13.2. The van der Waals surface area contributed by atoms with Crippen molar-refractivity contribution in [3.8, 4) is 0 Å². The van der Waals surface area contributed by atoms with Gasteiger partial charge in [-0.05, 0) is 46.9 Å². The molecule has 5 nitrogen and oxygen atoms in total. The van der Waals surface area contributed by atoms with Gasteiger partial charge in [0.25, 0.3) is 11.8 Å². The zero-order valence-electron chi connectivity index (χ0n) is 12.0. The van der Waals surface area contributed by atoms with Gasteiger partial charge in [-0.25, -0.2) is 4.79 Å². The zero-order valence-corrected chi connectivity index (χ0v) is 14.1. The van der Waals surface area contributed by atoms with E-state index < -0.39 is 5.97 Å². The van der Waals surface area contributed by atoms with Crippen molar-refractivity contribution in [2.75, 3.05) is 13.2 Å². The Balaban J connectivity index is 1.62. The van der Waals surface area contributed by atoms with Crippen LogP contribution in [0.15, 0.2) is 48.5 Å². The fraction of sp³-hybridized carbons (Fsp3) is 0.118. The maximum Gasteiger partial charge on any atom is 0.339 e. The van der Waals surface area contributed by atoms with Crippen molar-refractivity contribution in [2.45, 2.75) is 0 Å². The number of hydrogen-bond acceptors (Lipinski definition) is 4. The molecule has 1 aliphatic heterocycles. The highest BCUT2D eigenvalue weighted by Gasteiger charge is 2.34. The topological polar surface area (TPSA) is 63.7 Å². The van der Waals surface area contributed by atoms with Crippen LogP contribution < -0.4 is 0 Å². The van der Waals surface area contributed by atoms with E-state index >= 15 is 0 Å². The van der Waals surface area contributed by atoms with Crippen LogP contribution in [0.25, 0.3) is 0 Å². The lowest BCUT2D eigenvalue weighted by Gasteiger charge is -2.14. The molecule has 23 heavy (non-hydrogen) atoms. The molecule has 0 atom stereocenters. The predicted molar refractivity (Wildman–Crippen MR) is 91.3 cm³/mol. The molecule has 116 valence electrons. The van der Waals surface area contributed by atoms with Crippen LogP contribution in [0.4, 0.5) is 0 Å². The SMILES string of the molecule is O=C(OCCN1C(=O)c2ccccc2C1=O)c1ccccc1I. The molecule has 0 spiro atoms. The molecule has 6 heteroatoms. The van der Waals surface area contributed by atoms with Gasteiger partial charge in [-0.3, -0.25) is 14.5 Å². The molecule has 2 aromatic carbocycles. The number of amides is 2. The van der Waals surface area contributed by atoms with Gasteiger partial charge >= 0.3 is 5.97 Å². The van der Waals surface area contributed by atoms with Crippen molar-refractivity contribution in [3.63, 3.8) is 0 Å². The van der Waals surface area contributed by atoms with Crippen molar-refractivity contribution in [1.29, 1.82) is 0 Å².